The molecular weight excluding hydrogens is 262 g/mol. The standard InChI is InChI=1S/C14H14BrN/c1-10-6-7-14(16)12(8-10)9-11-4-2-3-5-13(11)15/h2-8H,9,16H2,1H3. The third-order valence-electron chi connectivity index (χ3n) is 2.64. The topological polar surface area (TPSA) is 26.0 Å². The molecule has 2 heteroatoms. The molecular formula is C14H14BrN. The number of nitrogens with two attached hydrogens (primary N) is 1. The summed E-state index contributed by atoms with van der Waals surface area (Å²) in [5.41, 5.74) is 10.5. The van der Waals surface area contributed by atoms with Gasteiger partial charge in [-0.3, -0.25) is 0 Å². The Labute approximate surface area is 104 Å². The maximum atomic E-state index is 5.97. The number of aryl methyl sites for hydroxylation is 1. The lowest BCUT2D eigenvalue weighted by Gasteiger charge is -2.08. The molecule has 0 saturated heterocycles. The van der Waals surface area contributed by atoms with E-state index in [0.717, 1.165) is 16.6 Å². The van der Waals surface area contributed by atoms with Gasteiger partial charge in [0.05, 0.1) is 0 Å². The molecule has 0 heterocycles. The SMILES string of the molecule is Cc1ccc(N)c(Cc2ccccc2Br)c1. The summed E-state index contributed by atoms with van der Waals surface area (Å²) in [6, 6.07) is 14.4. The van der Waals surface area contributed by atoms with Crippen molar-refractivity contribution < 1.29 is 0 Å². The van der Waals surface area contributed by atoms with E-state index in [1.54, 1.807) is 0 Å². The van der Waals surface area contributed by atoms with Gasteiger partial charge in [0.15, 0.2) is 0 Å². The normalized spacial score (nSPS) is 10.4. The summed E-state index contributed by atoms with van der Waals surface area (Å²) in [7, 11) is 0. The van der Waals surface area contributed by atoms with Crippen LogP contribution in [0.15, 0.2) is 46.9 Å². The van der Waals surface area contributed by atoms with Crippen molar-refractivity contribution in [1.29, 1.82) is 0 Å². The van der Waals surface area contributed by atoms with E-state index in [1.165, 1.54) is 16.7 Å². The van der Waals surface area contributed by atoms with Gasteiger partial charge in [-0.05, 0) is 30.2 Å². The predicted molar refractivity (Wildman–Crippen MR) is 72.5 cm³/mol. The van der Waals surface area contributed by atoms with Gasteiger partial charge in [0.25, 0.3) is 0 Å². The molecule has 0 radical (unpaired) electrons. The van der Waals surface area contributed by atoms with Crippen molar-refractivity contribution >= 4 is 21.6 Å². The van der Waals surface area contributed by atoms with E-state index in [0.29, 0.717) is 0 Å². The van der Waals surface area contributed by atoms with Gasteiger partial charge >= 0.3 is 0 Å². The van der Waals surface area contributed by atoms with Crippen LogP contribution in [0.2, 0.25) is 0 Å². The molecule has 0 aliphatic heterocycles. The second kappa shape index (κ2) is 4.71. The van der Waals surface area contributed by atoms with Crippen molar-refractivity contribution in [2.75, 3.05) is 5.73 Å². The highest BCUT2D eigenvalue weighted by Gasteiger charge is 2.03. The quantitative estimate of drug-likeness (QED) is 0.826. The van der Waals surface area contributed by atoms with Gasteiger partial charge in [-0.1, -0.05) is 51.8 Å². The van der Waals surface area contributed by atoms with Gasteiger partial charge in [0.2, 0.25) is 0 Å². The smallest absolute Gasteiger partial charge is 0.0350 e. The Hall–Kier alpha value is -1.28. The van der Waals surface area contributed by atoms with Crippen molar-refractivity contribution in [2.24, 2.45) is 0 Å². The molecule has 2 rings (SSSR count). The molecule has 16 heavy (non-hydrogen) atoms. The van der Waals surface area contributed by atoms with Crippen molar-refractivity contribution in [3.63, 3.8) is 0 Å². The lowest BCUT2D eigenvalue weighted by atomic mass is 10.0. The van der Waals surface area contributed by atoms with Gasteiger partial charge in [0, 0.05) is 16.6 Å². The van der Waals surface area contributed by atoms with Gasteiger partial charge in [-0.15, -0.1) is 0 Å². The van der Waals surface area contributed by atoms with E-state index < -0.39 is 0 Å². The number of hydrogen-bond donors (Lipinski definition) is 1. The Kier molecular flexibility index (Phi) is 3.30. The molecule has 2 aromatic carbocycles. The molecule has 0 saturated carbocycles. The van der Waals surface area contributed by atoms with Crippen LogP contribution in [0, 0.1) is 6.92 Å². The van der Waals surface area contributed by atoms with Crippen LogP contribution in [-0.2, 0) is 6.42 Å². The number of rotatable bonds is 2. The first-order chi connectivity index (χ1) is 7.66. The van der Waals surface area contributed by atoms with Crippen LogP contribution in [0.4, 0.5) is 5.69 Å². The zero-order valence-electron chi connectivity index (χ0n) is 9.20. The largest absolute Gasteiger partial charge is 0.398 e. The van der Waals surface area contributed by atoms with E-state index in [4.69, 9.17) is 5.73 Å². The summed E-state index contributed by atoms with van der Waals surface area (Å²) in [6.45, 7) is 2.09. The van der Waals surface area contributed by atoms with E-state index in [9.17, 15) is 0 Å². The van der Waals surface area contributed by atoms with E-state index in [-0.39, 0.29) is 0 Å². The first-order valence-electron chi connectivity index (χ1n) is 5.25. The molecule has 0 bridgehead atoms. The van der Waals surface area contributed by atoms with Crippen LogP contribution >= 0.6 is 15.9 Å². The zero-order chi connectivity index (χ0) is 11.5. The molecule has 0 atom stereocenters. The maximum absolute atomic E-state index is 5.97. The highest BCUT2D eigenvalue weighted by Crippen LogP contribution is 2.23. The number of anilines is 1. The first-order valence-corrected chi connectivity index (χ1v) is 6.04. The van der Waals surface area contributed by atoms with Gasteiger partial charge in [0.1, 0.15) is 0 Å². The average Bonchev–Trinajstić information content (AvgIpc) is 2.27. The predicted octanol–water partition coefficient (Wildman–Crippen LogP) is 3.93. The van der Waals surface area contributed by atoms with Crippen LogP contribution in [0.3, 0.4) is 0 Å². The van der Waals surface area contributed by atoms with Crippen LogP contribution in [0.5, 0.6) is 0 Å². The van der Waals surface area contributed by atoms with E-state index in [2.05, 4.69) is 41.1 Å². The molecule has 0 amide bonds. The summed E-state index contributed by atoms with van der Waals surface area (Å²) < 4.78 is 1.14. The van der Waals surface area contributed by atoms with Crippen LogP contribution < -0.4 is 5.73 Å². The Morgan fingerprint density at radius 1 is 1.06 bits per heavy atom. The van der Waals surface area contributed by atoms with Crippen molar-refractivity contribution in [3.8, 4) is 0 Å². The third kappa shape index (κ3) is 2.45. The number of benzene rings is 2. The molecule has 1 nitrogen and oxygen atoms in total. The number of hydrogen-bond acceptors (Lipinski definition) is 1. The summed E-state index contributed by atoms with van der Waals surface area (Å²) in [5.74, 6) is 0. The van der Waals surface area contributed by atoms with Crippen LogP contribution in [0.25, 0.3) is 0 Å². The Balaban J connectivity index is 2.34. The minimum Gasteiger partial charge on any atom is -0.398 e. The molecule has 2 aromatic rings. The highest BCUT2D eigenvalue weighted by molar-refractivity contribution is 9.10. The average molecular weight is 276 g/mol. The molecule has 82 valence electrons. The van der Waals surface area contributed by atoms with Crippen molar-refractivity contribution in [2.45, 2.75) is 13.3 Å². The fourth-order valence-corrected chi connectivity index (χ4v) is 2.16. The molecule has 0 aliphatic carbocycles. The second-order valence-electron chi connectivity index (χ2n) is 3.97. The summed E-state index contributed by atoms with van der Waals surface area (Å²) in [5, 5.41) is 0. The maximum Gasteiger partial charge on any atom is 0.0350 e. The Bertz CT molecular complexity index is 506. The fourth-order valence-electron chi connectivity index (χ4n) is 1.73. The molecule has 0 unspecified atom stereocenters. The van der Waals surface area contributed by atoms with Crippen molar-refractivity contribution in [1.82, 2.24) is 0 Å². The van der Waals surface area contributed by atoms with Gasteiger partial charge in [-0.25, -0.2) is 0 Å². The summed E-state index contributed by atoms with van der Waals surface area (Å²) in [4.78, 5) is 0. The van der Waals surface area contributed by atoms with Gasteiger partial charge in [-0.2, -0.15) is 0 Å². The third-order valence-corrected chi connectivity index (χ3v) is 3.41. The fraction of sp³-hybridized carbons (Fsp3) is 0.143. The number of nitrogen functional groups attached to an aromatic ring is 1. The second-order valence-corrected chi connectivity index (χ2v) is 4.82. The number of halogens is 1. The monoisotopic (exact) mass is 275 g/mol. The lowest BCUT2D eigenvalue weighted by Crippen LogP contribution is -1.96. The molecule has 0 aliphatic rings. The molecule has 2 N–H and O–H groups in total. The van der Waals surface area contributed by atoms with E-state index in [1.807, 2.05) is 24.3 Å². The molecule has 0 aromatic heterocycles. The minimum absolute atomic E-state index is 0.862. The van der Waals surface area contributed by atoms with Crippen molar-refractivity contribution in [3.05, 3.63) is 63.6 Å². The Morgan fingerprint density at radius 2 is 1.81 bits per heavy atom. The Morgan fingerprint density at radius 3 is 2.56 bits per heavy atom. The minimum atomic E-state index is 0.862. The van der Waals surface area contributed by atoms with Crippen LogP contribution in [-0.4, -0.2) is 0 Å². The zero-order valence-corrected chi connectivity index (χ0v) is 10.8. The highest BCUT2D eigenvalue weighted by atomic mass is 79.9. The summed E-state index contributed by atoms with van der Waals surface area (Å²) in [6.07, 6.45) is 0.870. The van der Waals surface area contributed by atoms with Crippen LogP contribution in [0.1, 0.15) is 16.7 Å². The summed E-state index contributed by atoms with van der Waals surface area (Å²) >= 11 is 3.56. The van der Waals surface area contributed by atoms with E-state index >= 15 is 0 Å². The molecule has 0 fully saturated rings. The van der Waals surface area contributed by atoms with Gasteiger partial charge < -0.3 is 5.73 Å². The first kappa shape index (κ1) is 11.2. The lowest BCUT2D eigenvalue weighted by molar-refractivity contribution is 1.17. The molecule has 0 spiro atoms.